The van der Waals surface area contributed by atoms with Gasteiger partial charge in [0.2, 0.25) is 0 Å². The van der Waals surface area contributed by atoms with Gasteiger partial charge in [0, 0.05) is 11.1 Å². The summed E-state index contributed by atoms with van der Waals surface area (Å²) in [5.74, 6) is 1.59. The van der Waals surface area contributed by atoms with Crippen LogP contribution in [0.1, 0.15) is 28.2 Å². The Labute approximate surface area is 144 Å². The zero-order valence-corrected chi connectivity index (χ0v) is 13.9. The van der Waals surface area contributed by atoms with Gasteiger partial charge < -0.3 is 4.42 Å². The number of aryl methyl sites for hydroxylation is 2. The fraction of sp³-hybridized carbons (Fsp3) is 0.100. The van der Waals surface area contributed by atoms with E-state index in [2.05, 4.69) is 15.5 Å². The zero-order valence-electron chi connectivity index (χ0n) is 13.9. The highest BCUT2D eigenvalue weighted by atomic mass is 19.1. The monoisotopic (exact) mass is 333 g/mol. The fourth-order valence-electron chi connectivity index (χ4n) is 2.70. The Balaban J connectivity index is 1.86. The van der Waals surface area contributed by atoms with Crippen molar-refractivity contribution in [2.45, 2.75) is 13.8 Å². The summed E-state index contributed by atoms with van der Waals surface area (Å²) in [6, 6.07) is 16.1. The van der Waals surface area contributed by atoms with Crippen molar-refractivity contribution >= 4 is 17.2 Å². The normalized spacial score (nSPS) is 13.4. The maximum atomic E-state index is 13.8. The van der Waals surface area contributed by atoms with Crippen LogP contribution in [0.5, 0.6) is 0 Å². The minimum absolute atomic E-state index is 0.344. The summed E-state index contributed by atoms with van der Waals surface area (Å²) >= 11 is 0. The SMILES string of the molecule is Cc1ccc(C2=Nc3ccc(F)cc3C(c3ccc(C)o3)=NN2)cc1. The van der Waals surface area contributed by atoms with E-state index in [0.717, 1.165) is 16.9 Å². The van der Waals surface area contributed by atoms with E-state index in [0.29, 0.717) is 28.6 Å². The fourth-order valence-corrected chi connectivity index (χ4v) is 2.70. The number of nitrogens with one attached hydrogen (secondary N) is 1. The molecular formula is C20H16FN3O. The molecule has 25 heavy (non-hydrogen) atoms. The Hall–Kier alpha value is -3.21. The van der Waals surface area contributed by atoms with Gasteiger partial charge in [0.05, 0.1) is 5.69 Å². The molecule has 0 saturated heterocycles. The first-order chi connectivity index (χ1) is 12.1. The summed E-state index contributed by atoms with van der Waals surface area (Å²) in [4.78, 5) is 4.65. The number of amidine groups is 1. The van der Waals surface area contributed by atoms with Crippen molar-refractivity contribution in [1.29, 1.82) is 0 Å². The van der Waals surface area contributed by atoms with E-state index in [1.165, 1.54) is 12.1 Å². The number of hydrazone groups is 1. The predicted molar refractivity (Wildman–Crippen MR) is 96.0 cm³/mol. The van der Waals surface area contributed by atoms with Gasteiger partial charge in [0.1, 0.15) is 17.3 Å². The Morgan fingerprint density at radius 1 is 0.960 bits per heavy atom. The zero-order chi connectivity index (χ0) is 17.4. The Kier molecular flexibility index (Phi) is 3.69. The molecule has 1 aliphatic heterocycles. The van der Waals surface area contributed by atoms with E-state index in [1.54, 1.807) is 6.07 Å². The third kappa shape index (κ3) is 2.96. The summed E-state index contributed by atoms with van der Waals surface area (Å²) in [7, 11) is 0. The minimum Gasteiger partial charge on any atom is -0.460 e. The lowest BCUT2D eigenvalue weighted by atomic mass is 10.1. The highest BCUT2D eigenvalue weighted by Crippen LogP contribution is 2.27. The van der Waals surface area contributed by atoms with Crippen molar-refractivity contribution < 1.29 is 8.81 Å². The molecule has 0 fully saturated rings. The summed E-state index contributed by atoms with van der Waals surface area (Å²) in [5.41, 5.74) is 6.81. The van der Waals surface area contributed by atoms with Gasteiger partial charge in [-0.1, -0.05) is 29.8 Å². The first-order valence-corrected chi connectivity index (χ1v) is 7.96. The average molecular weight is 333 g/mol. The van der Waals surface area contributed by atoms with Crippen LogP contribution >= 0.6 is 0 Å². The molecule has 5 heteroatoms. The van der Waals surface area contributed by atoms with E-state index in [9.17, 15) is 4.39 Å². The smallest absolute Gasteiger partial charge is 0.155 e. The lowest BCUT2D eigenvalue weighted by Gasteiger charge is -2.05. The third-order valence-electron chi connectivity index (χ3n) is 4.02. The second kappa shape index (κ2) is 6.02. The molecule has 1 aromatic heterocycles. The number of halogens is 1. The van der Waals surface area contributed by atoms with Gasteiger partial charge in [-0.3, -0.25) is 5.43 Å². The van der Waals surface area contributed by atoms with Crippen molar-refractivity contribution in [2.75, 3.05) is 0 Å². The van der Waals surface area contributed by atoms with Crippen LogP contribution in [0.25, 0.3) is 0 Å². The van der Waals surface area contributed by atoms with E-state index < -0.39 is 0 Å². The first kappa shape index (κ1) is 15.3. The summed E-state index contributed by atoms with van der Waals surface area (Å²) in [6.07, 6.45) is 0. The largest absolute Gasteiger partial charge is 0.460 e. The van der Waals surface area contributed by atoms with Crippen LogP contribution < -0.4 is 5.43 Å². The number of aliphatic imine (C=N–C) groups is 1. The molecule has 4 nitrogen and oxygen atoms in total. The van der Waals surface area contributed by atoms with Crippen LogP contribution in [0, 0.1) is 19.7 Å². The van der Waals surface area contributed by atoms with E-state index in [1.807, 2.05) is 50.2 Å². The van der Waals surface area contributed by atoms with Crippen molar-refractivity contribution in [3.63, 3.8) is 0 Å². The molecule has 0 spiro atoms. The molecule has 0 amide bonds. The van der Waals surface area contributed by atoms with Gasteiger partial charge >= 0.3 is 0 Å². The van der Waals surface area contributed by atoms with Crippen molar-refractivity contribution in [1.82, 2.24) is 5.43 Å². The molecular weight excluding hydrogens is 317 g/mol. The topological polar surface area (TPSA) is 49.9 Å². The van der Waals surface area contributed by atoms with Crippen LogP contribution in [0.2, 0.25) is 0 Å². The molecule has 2 aromatic carbocycles. The van der Waals surface area contributed by atoms with Crippen LogP contribution in [0.4, 0.5) is 10.1 Å². The summed E-state index contributed by atoms with van der Waals surface area (Å²) in [6.45, 7) is 3.88. The molecule has 0 aliphatic carbocycles. The van der Waals surface area contributed by atoms with Gasteiger partial charge in [0.15, 0.2) is 11.6 Å². The van der Waals surface area contributed by atoms with Gasteiger partial charge in [-0.2, -0.15) is 5.10 Å². The van der Waals surface area contributed by atoms with Gasteiger partial charge in [0.25, 0.3) is 0 Å². The number of rotatable bonds is 2. The van der Waals surface area contributed by atoms with Crippen LogP contribution in [0.15, 0.2) is 69.1 Å². The molecule has 124 valence electrons. The highest BCUT2D eigenvalue weighted by molar-refractivity contribution is 6.16. The first-order valence-electron chi connectivity index (χ1n) is 7.96. The Morgan fingerprint density at radius 3 is 2.48 bits per heavy atom. The van der Waals surface area contributed by atoms with Crippen LogP contribution in [0.3, 0.4) is 0 Å². The van der Waals surface area contributed by atoms with Crippen LogP contribution in [-0.2, 0) is 0 Å². The summed E-state index contributed by atoms with van der Waals surface area (Å²) in [5, 5.41) is 4.44. The average Bonchev–Trinajstić information content (AvgIpc) is 2.93. The Morgan fingerprint density at radius 2 is 1.76 bits per heavy atom. The molecule has 4 rings (SSSR count). The molecule has 1 N–H and O–H groups in total. The molecule has 3 aromatic rings. The van der Waals surface area contributed by atoms with Crippen molar-refractivity contribution in [2.24, 2.45) is 10.1 Å². The number of hydrogen-bond donors (Lipinski definition) is 1. The lowest BCUT2D eigenvalue weighted by molar-refractivity contribution is 0.525. The number of nitrogens with zero attached hydrogens (tertiary/aromatic N) is 2. The highest BCUT2D eigenvalue weighted by Gasteiger charge is 2.20. The molecule has 0 atom stereocenters. The standard InChI is InChI=1S/C20H16FN3O/c1-12-3-6-14(7-4-12)20-22-17-9-8-15(21)11-16(17)19(23-24-20)18-10-5-13(2)25-18/h3-11H,1-2H3,(H,22,24). The predicted octanol–water partition coefficient (Wildman–Crippen LogP) is 4.47. The van der Waals surface area contributed by atoms with E-state index in [4.69, 9.17) is 4.42 Å². The Bertz CT molecular complexity index is 1000. The molecule has 2 heterocycles. The van der Waals surface area contributed by atoms with Crippen LogP contribution in [-0.4, -0.2) is 11.5 Å². The van der Waals surface area contributed by atoms with Crippen molar-refractivity contribution in [3.05, 3.63) is 88.6 Å². The van der Waals surface area contributed by atoms with Gasteiger partial charge in [-0.15, -0.1) is 0 Å². The van der Waals surface area contributed by atoms with E-state index >= 15 is 0 Å². The number of furan rings is 1. The molecule has 1 aliphatic rings. The second-order valence-electron chi connectivity index (χ2n) is 5.97. The minimum atomic E-state index is -0.344. The lowest BCUT2D eigenvalue weighted by Crippen LogP contribution is -2.19. The molecule has 0 radical (unpaired) electrons. The molecule has 0 unspecified atom stereocenters. The number of hydrogen-bond acceptors (Lipinski definition) is 4. The maximum absolute atomic E-state index is 13.8. The molecule has 0 saturated carbocycles. The maximum Gasteiger partial charge on any atom is 0.155 e. The van der Waals surface area contributed by atoms with Crippen molar-refractivity contribution in [3.8, 4) is 0 Å². The van der Waals surface area contributed by atoms with Gasteiger partial charge in [-0.25, -0.2) is 9.38 Å². The summed E-state index contributed by atoms with van der Waals surface area (Å²) < 4.78 is 19.5. The van der Waals surface area contributed by atoms with Gasteiger partial charge in [-0.05, 0) is 44.2 Å². The quantitative estimate of drug-likeness (QED) is 0.752. The second-order valence-corrected chi connectivity index (χ2v) is 5.97. The molecule has 0 bridgehead atoms. The third-order valence-corrected chi connectivity index (χ3v) is 4.02. The number of benzene rings is 2. The van der Waals surface area contributed by atoms with E-state index in [-0.39, 0.29) is 5.82 Å². The number of fused-ring (bicyclic) bond motifs is 1.